The van der Waals surface area contributed by atoms with Crippen LogP contribution in [0.3, 0.4) is 0 Å². The zero-order chi connectivity index (χ0) is 24.3. The minimum absolute atomic E-state index is 0.00590. The number of hydrogen-bond acceptors (Lipinski definition) is 4. The number of carbonyl (C=O) groups excluding carboxylic acids is 1. The van der Waals surface area contributed by atoms with Crippen molar-refractivity contribution < 1.29 is 9.53 Å². The number of nitrogens with zero attached hydrogens (tertiary/aromatic N) is 1. The van der Waals surface area contributed by atoms with E-state index in [1.165, 1.54) is 0 Å². The average Bonchev–Trinajstić information content (AvgIpc) is 2.76. The third kappa shape index (κ3) is 6.23. The van der Waals surface area contributed by atoms with Crippen molar-refractivity contribution in [3.05, 3.63) is 83.7 Å². The largest absolute Gasteiger partial charge is 0.489 e. The molecule has 178 valence electrons. The Kier molecular flexibility index (Phi) is 6.76. The quantitative estimate of drug-likeness (QED) is 0.500. The van der Waals surface area contributed by atoms with E-state index in [1.807, 2.05) is 61.8 Å². The number of benzene rings is 2. The van der Waals surface area contributed by atoms with Crippen LogP contribution < -0.4 is 15.4 Å². The highest BCUT2D eigenvalue weighted by Gasteiger charge is 2.38. The third-order valence-electron chi connectivity index (χ3n) is 6.19. The van der Waals surface area contributed by atoms with Crippen molar-refractivity contribution in [3.63, 3.8) is 0 Å². The van der Waals surface area contributed by atoms with Crippen molar-refractivity contribution in [2.75, 3.05) is 0 Å². The van der Waals surface area contributed by atoms with Gasteiger partial charge in [-0.25, -0.2) is 0 Å². The third-order valence-corrected chi connectivity index (χ3v) is 6.19. The van der Waals surface area contributed by atoms with Crippen molar-refractivity contribution in [3.8, 4) is 16.9 Å². The van der Waals surface area contributed by atoms with Crippen molar-refractivity contribution in [1.82, 2.24) is 15.6 Å². The van der Waals surface area contributed by atoms with Crippen LogP contribution in [0.4, 0.5) is 0 Å². The van der Waals surface area contributed by atoms with E-state index in [9.17, 15) is 4.79 Å². The van der Waals surface area contributed by atoms with Gasteiger partial charge in [-0.15, -0.1) is 0 Å². The summed E-state index contributed by atoms with van der Waals surface area (Å²) in [6, 6.07) is 18.0. The number of aromatic nitrogens is 1. The number of amides is 1. The molecular formula is C29H35N3O2. The van der Waals surface area contributed by atoms with E-state index < -0.39 is 0 Å². The molecule has 2 heterocycles. The SMILES string of the molecule is Cc1cncc(-c2cccc(OCc3ccc(C(=O)NC4CC(C)(C)NC(C)(C)C4)cc3)c2)c1. The second-order valence-electron chi connectivity index (χ2n) is 10.7. The molecule has 5 heteroatoms. The van der Waals surface area contributed by atoms with Crippen LogP contribution in [0, 0.1) is 6.92 Å². The molecule has 0 atom stereocenters. The first-order chi connectivity index (χ1) is 16.1. The number of rotatable bonds is 6. The highest BCUT2D eigenvalue weighted by molar-refractivity contribution is 5.94. The molecular weight excluding hydrogens is 422 g/mol. The van der Waals surface area contributed by atoms with Gasteiger partial charge in [0, 0.05) is 40.6 Å². The monoisotopic (exact) mass is 457 g/mol. The Morgan fingerprint density at radius 2 is 1.71 bits per heavy atom. The van der Waals surface area contributed by atoms with Crippen LogP contribution in [0.25, 0.3) is 11.1 Å². The maximum Gasteiger partial charge on any atom is 0.251 e. The Balaban J connectivity index is 1.35. The van der Waals surface area contributed by atoms with Gasteiger partial charge in [0.05, 0.1) is 0 Å². The van der Waals surface area contributed by atoms with Gasteiger partial charge in [-0.05, 0) is 94.5 Å². The average molecular weight is 458 g/mol. The molecule has 0 unspecified atom stereocenters. The minimum atomic E-state index is -0.0227. The number of pyridine rings is 1. The lowest BCUT2D eigenvalue weighted by Gasteiger charge is -2.46. The predicted molar refractivity (Wildman–Crippen MR) is 137 cm³/mol. The van der Waals surface area contributed by atoms with Crippen molar-refractivity contribution in [1.29, 1.82) is 0 Å². The molecule has 0 spiro atoms. The Bertz CT molecular complexity index is 1140. The summed E-state index contributed by atoms with van der Waals surface area (Å²) in [7, 11) is 0. The summed E-state index contributed by atoms with van der Waals surface area (Å²) in [4.78, 5) is 17.1. The topological polar surface area (TPSA) is 63.2 Å². The van der Waals surface area contributed by atoms with E-state index in [0.717, 1.165) is 40.8 Å². The molecule has 5 nitrogen and oxygen atoms in total. The van der Waals surface area contributed by atoms with Gasteiger partial charge < -0.3 is 15.4 Å². The molecule has 0 bridgehead atoms. The number of hydrogen-bond donors (Lipinski definition) is 2. The lowest BCUT2D eigenvalue weighted by molar-refractivity contribution is 0.0873. The molecule has 1 fully saturated rings. The number of ether oxygens (including phenoxy) is 1. The second kappa shape index (κ2) is 9.59. The molecule has 2 N–H and O–H groups in total. The van der Waals surface area contributed by atoms with E-state index in [4.69, 9.17) is 4.74 Å². The summed E-state index contributed by atoms with van der Waals surface area (Å²) >= 11 is 0. The molecule has 1 amide bonds. The summed E-state index contributed by atoms with van der Waals surface area (Å²) in [5.41, 5.74) is 4.95. The summed E-state index contributed by atoms with van der Waals surface area (Å²) in [6.07, 6.45) is 5.53. The fourth-order valence-corrected chi connectivity index (χ4v) is 5.09. The Morgan fingerprint density at radius 3 is 2.38 bits per heavy atom. The molecule has 0 saturated carbocycles. The Morgan fingerprint density at radius 1 is 1.00 bits per heavy atom. The first-order valence-electron chi connectivity index (χ1n) is 11.9. The number of aryl methyl sites for hydroxylation is 1. The van der Waals surface area contributed by atoms with Crippen LogP contribution in [-0.4, -0.2) is 28.0 Å². The van der Waals surface area contributed by atoms with Gasteiger partial charge in [-0.3, -0.25) is 9.78 Å². The zero-order valence-electron chi connectivity index (χ0n) is 20.8. The Hall–Kier alpha value is -3.18. The molecule has 3 aromatic rings. The Labute approximate surface area is 203 Å². The molecule has 0 radical (unpaired) electrons. The summed E-state index contributed by atoms with van der Waals surface area (Å²) in [6.45, 7) is 11.2. The van der Waals surface area contributed by atoms with Gasteiger partial charge in [0.2, 0.25) is 0 Å². The van der Waals surface area contributed by atoms with Crippen LogP contribution >= 0.6 is 0 Å². The van der Waals surface area contributed by atoms with Crippen LogP contribution in [0.5, 0.6) is 5.75 Å². The van der Waals surface area contributed by atoms with Gasteiger partial charge in [-0.1, -0.05) is 24.3 Å². The molecule has 4 rings (SSSR count). The molecule has 1 aromatic heterocycles. The maximum absolute atomic E-state index is 12.9. The summed E-state index contributed by atoms with van der Waals surface area (Å²) in [5.74, 6) is 0.780. The van der Waals surface area contributed by atoms with Crippen molar-refractivity contribution >= 4 is 5.91 Å². The standard InChI is InChI=1S/C29H35N3O2/c1-20-13-24(18-30-17-20)23-7-6-8-26(14-23)34-19-21-9-11-22(12-10-21)27(33)31-25-15-28(2,3)32-29(4,5)16-25/h6-14,17-18,25,32H,15-16,19H2,1-5H3,(H,31,33). The van der Waals surface area contributed by atoms with E-state index in [2.05, 4.69) is 55.4 Å². The van der Waals surface area contributed by atoms with E-state index >= 15 is 0 Å². The predicted octanol–water partition coefficient (Wildman–Crippen LogP) is 5.68. The smallest absolute Gasteiger partial charge is 0.251 e. The second-order valence-corrected chi connectivity index (χ2v) is 10.7. The normalized spacial score (nSPS) is 17.2. The van der Waals surface area contributed by atoms with E-state index in [-0.39, 0.29) is 23.0 Å². The van der Waals surface area contributed by atoms with Gasteiger partial charge in [-0.2, -0.15) is 0 Å². The highest BCUT2D eigenvalue weighted by Crippen LogP contribution is 2.29. The number of piperidine rings is 1. The van der Waals surface area contributed by atoms with Gasteiger partial charge in [0.1, 0.15) is 12.4 Å². The number of nitrogens with one attached hydrogen (secondary N) is 2. The number of carbonyl (C=O) groups is 1. The molecule has 0 aliphatic carbocycles. The molecule has 1 saturated heterocycles. The molecule has 1 aliphatic heterocycles. The summed E-state index contributed by atoms with van der Waals surface area (Å²) < 4.78 is 6.02. The molecule has 2 aromatic carbocycles. The lowest BCUT2D eigenvalue weighted by atomic mass is 9.79. The van der Waals surface area contributed by atoms with Crippen molar-refractivity contribution in [2.24, 2.45) is 0 Å². The summed E-state index contributed by atoms with van der Waals surface area (Å²) in [5, 5.41) is 6.89. The van der Waals surface area contributed by atoms with Crippen molar-refractivity contribution in [2.45, 2.75) is 71.2 Å². The molecule has 34 heavy (non-hydrogen) atoms. The maximum atomic E-state index is 12.9. The first kappa shape index (κ1) is 24.0. The van der Waals surface area contributed by atoms with Gasteiger partial charge >= 0.3 is 0 Å². The lowest BCUT2D eigenvalue weighted by Crippen LogP contribution is -2.62. The van der Waals surface area contributed by atoms with Gasteiger partial charge in [0.25, 0.3) is 5.91 Å². The van der Waals surface area contributed by atoms with Crippen LogP contribution in [-0.2, 0) is 6.61 Å². The van der Waals surface area contributed by atoms with Crippen LogP contribution in [0.1, 0.15) is 62.0 Å². The first-order valence-corrected chi connectivity index (χ1v) is 11.9. The highest BCUT2D eigenvalue weighted by atomic mass is 16.5. The van der Waals surface area contributed by atoms with Crippen LogP contribution in [0.15, 0.2) is 67.0 Å². The zero-order valence-corrected chi connectivity index (χ0v) is 20.8. The minimum Gasteiger partial charge on any atom is -0.489 e. The molecule has 1 aliphatic rings. The van der Waals surface area contributed by atoms with E-state index in [1.54, 1.807) is 0 Å². The fraction of sp³-hybridized carbons (Fsp3) is 0.379. The fourth-order valence-electron chi connectivity index (χ4n) is 5.09. The van der Waals surface area contributed by atoms with Gasteiger partial charge in [0.15, 0.2) is 0 Å². The van der Waals surface area contributed by atoms with Crippen LogP contribution in [0.2, 0.25) is 0 Å². The van der Waals surface area contributed by atoms with E-state index in [0.29, 0.717) is 12.2 Å².